The number of carbonyl (C=O) groups is 1. The fourth-order valence-electron chi connectivity index (χ4n) is 2.73. The van der Waals surface area contributed by atoms with Crippen LogP contribution in [0.3, 0.4) is 0 Å². The van der Waals surface area contributed by atoms with Gasteiger partial charge in [-0.25, -0.2) is 0 Å². The Kier molecular flexibility index (Phi) is 5.64. The van der Waals surface area contributed by atoms with Crippen LogP contribution in [0.4, 0.5) is 17.1 Å². The molecule has 0 atom stereocenters. The Morgan fingerprint density at radius 2 is 1.54 bits per heavy atom. The minimum absolute atomic E-state index is 0.111. The molecular weight excluding hydrogens is 350 g/mol. The largest absolute Gasteiger partial charge is 0.497 e. The molecule has 0 aliphatic rings. The molecule has 28 heavy (non-hydrogen) atoms. The predicted octanol–water partition coefficient (Wildman–Crippen LogP) is 5.38. The number of rotatable bonds is 5. The van der Waals surface area contributed by atoms with Crippen LogP contribution in [0.25, 0.3) is 0 Å². The summed E-state index contributed by atoms with van der Waals surface area (Å²) in [6, 6.07) is 17.2. The van der Waals surface area contributed by atoms with Gasteiger partial charge in [-0.05, 0) is 53.4 Å². The Bertz CT molecular complexity index is 943. The SMILES string of the molecule is COc1ccc(NC(=O)c2cncc(Nc3ccc(C(C)(C)C)cc3)c2)cc1. The molecular formula is C23H25N3O2. The van der Waals surface area contributed by atoms with E-state index in [1.165, 1.54) is 5.56 Å². The van der Waals surface area contributed by atoms with E-state index < -0.39 is 0 Å². The number of amides is 1. The van der Waals surface area contributed by atoms with Crippen molar-refractivity contribution in [2.24, 2.45) is 0 Å². The Morgan fingerprint density at radius 1 is 0.893 bits per heavy atom. The third-order valence-electron chi connectivity index (χ3n) is 4.39. The van der Waals surface area contributed by atoms with Gasteiger partial charge < -0.3 is 15.4 Å². The summed E-state index contributed by atoms with van der Waals surface area (Å²) in [6.45, 7) is 6.55. The lowest BCUT2D eigenvalue weighted by atomic mass is 9.87. The van der Waals surface area contributed by atoms with E-state index in [-0.39, 0.29) is 11.3 Å². The first kappa shape index (κ1) is 19.4. The maximum absolute atomic E-state index is 12.5. The van der Waals surface area contributed by atoms with E-state index in [1.54, 1.807) is 49.8 Å². The number of carbonyl (C=O) groups excluding carboxylic acids is 1. The van der Waals surface area contributed by atoms with Gasteiger partial charge in [0.1, 0.15) is 5.75 Å². The summed E-state index contributed by atoms with van der Waals surface area (Å²) in [5.74, 6) is 0.521. The summed E-state index contributed by atoms with van der Waals surface area (Å²) in [5.41, 5.74) is 4.26. The fraction of sp³-hybridized carbons (Fsp3) is 0.217. The molecule has 1 amide bonds. The maximum Gasteiger partial charge on any atom is 0.257 e. The molecule has 5 heteroatoms. The molecule has 1 aromatic heterocycles. The highest BCUT2D eigenvalue weighted by Crippen LogP contribution is 2.25. The Balaban J connectivity index is 1.70. The number of pyridine rings is 1. The van der Waals surface area contributed by atoms with Gasteiger partial charge in [-0.2, -0.15) is 0 Å². The Morgan fingerprint density at radius 3 is 2.14 bits per heavy atom. The highest BCUT2D eigenvalue weighted by atomic mass is 16.5. The zero-order valence-electron chi connectivity index (χ0n) is 16.6. The summed E-state index contributed by atoms with van der Waals surface area (Å²) in [4.78, 5) is 16.7. The molecule has 0 unspecified atom stereocenters. The smallest absolute Gasteiger partial charge is 0.257 e. The lowest BCUT2D eigenvalue weighted by Gasteiger charge is -2.19. The van der Waals surface area contributed by atoms with Crippen LogP contribution < -0.4 is 15.4 Å². The molecule has 3 aromatic rings. The molecule has 0 radical (unpaired) electrons. The fourth-order valence-corrected chi connectivity index (χ4v) is 2.73. The van der Waals surface area contributed by atoms with E-state index in [1.807, 2.05) is 12.1 Å². The van der Waals surface area contributed by atoms with Crippen molar-refractivity contribution < 1.29 is 9.53 Å². The van der Waals surface area contributed by atoms with Gasteiger partial charge in [-0.15, -0.1) is 0 Å². The standard InChI is InChI=1S/C23H25N3O2/c1-23(2,3)17-5-7-18(8-6-17)25-20-13-16(14-24-15-20)22(27)26-19-9-11-21(28-4)12-10-19/h5-15,25H,1-4H3,(H,26,27). The summed E-state index contributed by atoms with van der Waals surface area (Å²) >= 11 is 0. The highest BCUT2D eigenvalue weighted by molar-refractivity contribution is 6.04. The van der Waals surface area contributed by atoms with E-state index in [0.29, 0.717) is 11.3 Å². The van der Waals surface area contributed by atoms with Crippen molar-refractivity contribution in [3.63, 3.8) is 0 Å². The molecule has 3 rings (SSSR count). The number of hydrogen-bond donors (Lipinski definition) is 2. The zero-order valence-corrected chi connectivity index (χ0v) is 16.6. The lowest BCUT2D eigenvalue weighted by Crippen LogP contribution is -2.12. The van der Waals surface area contributed by atoms with Gasteiger partial charge in [0.15, 0.2) is 0 Å². The van der Waals surface area contributed by atoms with E-state index in [9.17, 15) is 4.79 Å². The zero-order chi connectivity index (χ0) is 20.1. The van der Waals surface area contributed by atoms with Crippen LogP contribution >= 0.6 is 0 Å². The van der Waals surface area contributed by atoms with Gasteiger partial charge >= 0.3 is 0 Å². The van der Waals surface area contributed by atoms with E-state index in [0.717, 1.165) is 17.1 Å². The van der Waals surface area contributed by atoms with Crippen molar-refractivity contribution in [3.05, 3.63) is 78.1 Å². The van der Waals surface area contributed by atoms with Gasteiger partial charge in [0, 0.05) is 17.6 Å². The highest BCUT2D eigenvalue weighted by Gasteiger charge is 2.13. The molecule has 144 valence electrons. The second-order valence-corrected chi connectivity index (χ2v) is 7.60. The van der Waals surface area contributed by atoms with E-state index in [4.69, 9.17) is 4.74 Å². The first-order valence-corrected chi connectivity index (χ1v) is 9.13. The quantitative estimate of drug-likeness (QED) is 0.628. The molecule has 2 aromatic carbocycles. The summed E-state index contributed by atoms with van der Waals surface area (Å²) in [7, 11) is 1.61. The summed E-state index contributed by atoms with van der Waals surface area (Å²) in [6.07, 6.45) is 3.24. The predicted molar refractivity (Wildman–Crippen MR) is 114 cm³/mol. The van der Waals surface area contributed by atoms with Crippen molar-refractivity contribution >= 4 is 23.0 Å². The molecule has 0 spiro atoms. The molecule has 0 saturated heterocycles. The molecule has 0 aliphatic carbocycles. The van der Waals surface area contributed by atoms with Crippen LogP contribution in [-0.4, -0.2) is 18.0 Å². The van der Waals surface area contributed by atoms with Gasteiger partial charge in [0.2, 0.25) is 0 Å². The van der Waals surface area contributed by atoms with E-state index >= 15 is 0 Å². The van der Waals surface area contributed by atoms with Crippen LogP contribution in [0.5, 0.6) is 5.75 Å². The summed E-state index contributed by atoms with van der Waals surface area (Å²) in [5, 5.41) is 6.16. The number of aromatic nitrogens is 1. The topological polar surface area (TPSA) is 63.2 Å². The minimum Gasteiger partial charge on any atom is -0.497 e. The average Bonchev–Trinajstić information content (AvgIpc) is 2.68. The molecule has 1 heterocycles. The number of nitrogens with one attached hydrogen (secondary N) is 2. The van der Waals surface area contributed by atoms with Crippen molar-refractivity contribution in [1.29, 1.82) is 0 Å². The Labute approximate surface area is 165 Å². The number of nitrogens with zero attached hydrogens (tertiary/aromatic N) is 1. The second-order valence-electron chi connectivity index (χ2n) is 7.60. The molecule has 0 saturated carbocycles. The first-order valence-electron chi connectivity index (χ1n) is 9.13. The molecule has 0 bridgehead atoms. The minimum atomic E-state index is -0.218. The normalized spacial score (nSPS) is 11.0. The molecule has 0 fully saturated rings. The Hall–Kier alpha value is -3.34. The van der Waals surface area contributed by atoms with E-state index in [2.05, 4.69) is 48.5 Å². The van der Waals surface area contributed by atoms with Crippen molar-refractivity contribution in [3.8, 4) is 5.75 Å². The lowest BCUT2D eigenvalue weighted by molar-refractivity contribution is 0.102. The maximum atomic E-state index is 12.5. The van der Waals surface area contributed by atoms with Crippen molar-refractivity contribution in [2.45, 2.75) is 26.2 Å². The second kappa shape index (κ2) is 8.13. The number of methoxy groups -OCH3 is 1. The van der Waals surface area contributed by atoms with Gasteiger partial charge in [-0.3, -0.25) is 9.78 Å². The van der Waals surface area contributed by atoms with Crippen LogP contribution in [0, 0.1) is 0 Å². The number of ether oxygens (including phenoxy) is 1. The molecule has 5 nitrogen and oxygen atoms in total. The summed E-state index contributed by atoms with van der Waals surface area (Å²) < 4.78 is 5.13. The van der Waals surface area contributed by atoms with Crippen LogP contribution in [0.15, 0.2) is 67.0 Å². The van der Waals surface area contributed by atoms with Crippen LogP contribution in [-0.2, 0) is 5.41 Å². The molecule has 2 N–H and O–H groups in total. The van der Waals surface area contributed by atoms with Crippen LogP contribution in [0.2, 0.25) is 0 Å². The van der Waals surface area contributed by atoms with Gasteiger partial charge in [0.05, 0.1) is 24.6 Å². The average molecular weight is 375 g/mol. The third kappa shape index (κ3) is 4.88. The molecule has 0 aliphatic heterocycles. The van der Waals surface area contributed by atoms with Gasteiger partial charge in [-0.1, -0.05) is 32.9 Å². The van der Waals surface area contributed by atoms with Crippen molar-refractivity contribution in [2.75, 3.05) is 17.7 Å². The number of benzene rings is 2. The third-order valence-corrected chi connectivity index (χ3v) is 4.39. The first-order chi connectivity index (χ1) is 13.3. The number of hydrogen-bond acceptors (Lipinski definition) is 4. The monoisotopic (exact) mass is 375 g/mol. The van der Waals surface area contributed by atoms with Crippen molar-refractivity contribution in [1.82, 2.24) is 4.98 Å². The number of anilines is 3. The van der Waals surface area contributed by atoms with Crippen LogP contribution in [0.1, 0.15) is 36.7 Å². The van der Waals surface area contributed by atoms with Gasteiger partial charge in [0.25, 0.3) is 5.91 Å².